The highest BCUT2D eigenvalue weighted by Crippen LogP contribution is 2.25. The first-order valence-electron chi connectivity index (χ1n) is 7.72. The lowest BCUT2D eigenvalue weighted by molar-refractivity contribution is -0.138. The monoisotopic (exact) mass is 310 g/mol. The van der Waals surface area contributed by atoms with Gasteiger partial charge in [-0.2, -0.15) is 0 Å². The number of ether oxygens (including phenoxy) is 1. The van der Waals surface area contributed by atoms with Crippen molar-refractivity contribution in [2.45, 2.75) is 12.8 Å². The number of rotatable bonds is 2. The number of carbonyl (C=O) groups excluding carboxylic acids is 1. The van der Waals surface area contributed by atoms with Crippen LogP contribution in [-0.4, -0.2) is 50.2 Å². The number of halogens is 2. The number of anilines is 1. The van der Waals surface area contributed by atoms with E-state index in [1.165, 1.54) is 18.2 Å². The molecule has 0 atom stereocenters. The van der Waals surface area contributed by atoms with Crippen LogP contribution in [0.25, 0.3) is 0 Å². The Morgan fingerprint density at radius 2 is 1.64 bits per heavy atom. The first-order valence-corrected chi connectivity index (χ1v) is 7.72. The summed E-state index contributed by atoms with van der Waals surface area (Å²) in [5, 5.41) is 0. The summed E-state index contributed by atoms with van der Waals surface area (Å²) in [5.74, 6) is -0.920. The van der Waals surface area contributed by atoms with E-state index in [9.17, 15) is 13.6 Å². The molecule has 4 nitrogen and oxygen atoms in total. The van der Waals surface area contributed by atoms with Crippen molar-refractivity contribution >= 4 is 11.6 Å². The Morgan fingerprint density at radius 1 is 1.05 bits per heavy atom. The van der Waals surface area contributed by atoms with Crippen molar-refractivity contribution in [3.63, 3.8) is 0 Å². The van der Waals surface area contributed by atoms with Crippen molar-refractivity contribution in [2.75, 3.05) is 44.3 Å². The van der Waals surface area contributed by atoms with E-state index in [-0.39, 0.29) is 17.5 Å². The van der Waals surface area contributed by atoms with Crippen LogP contribution in [0.3, 0.4) is 0 Å². The molecule has 1 aromatic rings. The second kappa shape index (κ2) is 6.60. The van der Waals surface area contributed by atoms with Gasteiger partial charge in [0.05, 0.1) is 0 Å². The maximum atomic E-state index is 13.8. The van der Waals surface area contributed by atoms with Crippen molar-refractivity contribution in [3.05, 3.63) is 29.8 Å². The van der Waals surface area contributed by atoms with E-state index in [4.69, 9.17) is 4.74 Å². The van der Waals surface area contributed by atoms with E-state index in [0.29, 0.717) is 39.4 Å². The summed E-state index contributed by atoms with van der Waals surface area (Å²) in [4.78, 5) is 15.9. The van der Waals surface area contributed by atoms with Gasteiger partial charge in [0.2, 0.25) is 5.91 Å². The first-order chi connectivity index (χ1) is 10.7. The van der Waals surface area contributed by atoms with Gasteiger partial charge in [0.25, 0.3) is 0 Å². The zero-order chi connectivity index (χ0) is 15.5. The summed E-state index contributed by atoms with van der Waals surface area (Å²) >= 11 is 0. The number of nitrogens with zero attached hydrogens (tertiary/aromatic N) is 2. The summed E-state index contributed by atoms with van der Waals surface area (Å²) in [7, 11) is 0. The summed E-state index contributed by atoms with van der Waals surface area (Å²) < 4.78 is 32.9. The largest absolute Gasteiger partial charge is 0.381 e. The van der Waals surface area contributed by atoms with Gasteiger partial charge in [-0.3, -0.25) is 4.79 Å². The van der Waals surface area contributed by atoms with Crippen molar-refractivity contribution < 1.29 is 18.3 Å². The van der Waals surface area contributed by atoms with Gasteiger partial charge >= 0.3 is 0 Å². The number of para-hydroxylation sites is 1. The molecule has 3 rings (SSSR count). The summed E-state index contributed by atoms with van der Waals surface area (Å²) in [5.41, 5.74) is 0.0145. The Bertz CT molecular complexity index is 519. The highest BCUT2D eigenvalue weighted by atomic mass is 19.1. The predicted molar refractivity (Wildman–Crippen MR) is 78.7 cm³/mol. The Morgan fingerprint density at radius 3 is 2.23 bits per heavy atom. The molecule has 22 heavy (non-hydrogen) atoms. The van der Waals surface area contributed by atoms with Gasteiger partial charge in [-0.25, -0.2) is 8.78 Å². The highest BCUT2D eigenvalue weighted by Gasteiger charge is 2.30. The van der Waals surface area contributed by atoms with E-state index in [0.717, 1.165) is 12.8 Å². The number of hydrogen-bond donors (Lipinski definition) is 0. The number of carbonyl (C=O) groups is 1. The van der Waals surface area contributed by atoms with Gasteiger partial charge in [-0.1, -0.05) is 6.07 Å². The molecule has 1 amide bonds. The minimum atomic E-state index is -0.552. The van der Waals surface area contributed by atoms with Crippen molar-refractivity contribution in [1.82, 2.24) is 4.90 Å². The molecular weight excluding hydrogens is 290 g/mol. The molecule has 0 N–H and O–H groups in total. The fraction of sp³-hybridized carbons (Fsp3) is 0.562. The van der Waals surface area contributed by atoms with Crippen LogP contribution >= 0.6 is 0 Å². The Hall–Kier alpha value is -1.69. The van der Waals surface area contributed by atoms with Crippen LogP contribution in [-0.2, 0) is 9.53 Å². The molecular formula is C16H20F2N2O2. The van der Waals surface area contributed by atoms with Gasteiger partial charge in [0, 0.05) is 45.3 Å². The molecule has 0 spiro atoms. The van der Waals surface area contributed by atoms with Crippen molar-refractivity contribution in [2.24, 2.45) is 5.92 Å². The fourth-order valence-electron chi connectivity index (χ4n) is 3.14. The van der Waals surface area contributed by atoms with Gasteiger partial charge in [-0.05, 0) is 25.0 Å². The molecule has 2 aliphatic rings. The maximum absolute atomic E-state index is 13.8. The summed E-state index contributed by atoms with van der Waals surface area (Å²) in [6, 6.07) is 3.88. The van der Waals surface area contributed by atoms with Crippen LogP contribution in [0.4, 0.5) is 14.5 Å². The second-order valence-electron chi connectivity index (χ2n) is 5.77. The lowest BCUT2D eigenvalue weighted by Gasteiger charge is -2.38. The predicted octanol–water partition coefficient (Wildman–Crippen LogP) is 2.04. The van der Waals surface area contributed by atoms with Crippen LogP contribution < -0.4 is 4.90 Å². The van der Waals surface area contributed by atoms with Crippen LogP contribution in [0.1, 0.15) is 12.8 Å². The lowest BCUT2D eigenvalue weighted by atomic mass is 9.98. The molecule has 2 saturated heterocycles. The minimum absolute atomic E-state index is 0.0145. The summed E-state index contributed by atoms with van der Waals surface area (Å²) in [6.45, 7) is 3.18. The highest BCUT2D eigenvalue weighted by molar-refractivity contribution is 5.79. The third kappa shape index (κ3) is 3.06. The Labute approximate surface area is 128 Å². The van der Waals surface area contributed by atoms with E-state index >= 15 is 0 Å². The molecule has 0 aromatic heterocycles. The van der Waals surface area contributed by atoms with E-state index < -0.39 is 11.6 Å². The van der Waals surface area contributed by atoms with E-state index in [1.54, 1.807) is 4.90 Å². The standard InChI is InChI=1S/C16H20F2N2O2/c17-13-2-1-3-14(18)15(13)19-6-8-20(9-7-19)16(21)12-4-10-22-11-5-12/h1-3,12H,4-11H2. The van der Waals surface area contributed by atoms with Crippen LogP contribution in [0.5, 0.6) is 0 Å². The molecule has 0 unspecified atom stereocenters. The molecule has 2 aliphatic heterocycles. The molecule has 0 bridgehead atoms. The maximum Gasteiger partial charge on any atom is 0.225 e. The smallest absolute Gasteiger partial charge is 0.225 e. The molecule has 6 heteroatoms. The number of hydrogen-bond acceptors (Lipinski definition) is 3. The van der Waals surface area contributed by atoms with Crippen molar-refractivity contribution in [3.8, 4) is 0 Å². The molecule has 1 aromatic carbocycles. The first kappa shape index (κ1) is 15.2. The average molecular weight is 310 g/mol. The summed E-state index contributed by atoms with van der Waals surface area (Å²) in [6.07, 6.45) is 1.53. The second-order valence-corrected chi connectivity index (χ2v) is 5.77. The van der Waals surface area contributed by atoms with Crippen LogP contribution in [0.15, 0.2) is 18.2 Å². The molecule has 2 heterocycles. The van der Waals surface area contributed by atoms with Crippen LogP contribution in [0.2, 0.25) is 0 Å². The number of amides is 1. The van der Waals surface area contributed by atoms with E-state index in [2.05, 4.69) is 0 Å². The lowest BCUT2D eigenvalue weighted by Crippen LogP contribution is -2.51. The fourth-order valence-corrected chi connectivity index (χ4v) is 3.14. The van der Waals surface area contributed by atoms with Crippen LogP contribution in [0, 0.1) is 17.6 Å². The Kier molecular flexibility index (Phi) is 4.57. The quantitative estimate of drug-likeness (QED) is 0.838. The zero-order valence-electron chi connectivity index (χ0n) is 12.4. The van der Waals surface area contributed by atoms with Gasteiger partial charge in [0.1, 0.15) is 17.3 Å². The molecule has 2 fully saturated rings. The third-order valence-electron chi connectivity index (χ3n) is 4.42. The van der Waals surface area contributed by atoms with E-state index in [1.807, 2.05) is 4.90 Å². The normalized spacial score (nSPS) is 20.3. The zero-order valence-corrected chi connectivity index (χ0v) is 12.4. The topological polar surface area (TPSA) is 32.8 Å². The molecule has 120 valence electrons. The van der Waals surface area contributed by atoms with Gasteiger partial charge in [0.15, 0.2) is 0 Å². The minimum Gasteiger partial charge on any atom is -0.381 e. The SMILES string of the molecule is O=C(C1CCOCC1)N1CCN(c2c(F)cccc2F)CC1. The number of piperazine rings is 1. The molecule has 0 radical (unpaired) electrons. The Balaban J connectivity index is 1.61. The van der Waals surface area contributed by atoms with Gasteiger partial charge in [-0.15, -0.1) is 0 Å². The van der Waals surface area contributed by atoms with Gasteiger partial charge < -0.3 is 14.5 Å². The number of benzene rings is 1. The molecule has 0 aliphatic carbocycles. The average Bonchev–Trinajstić information content (AvgIpc) is 2.55. The molecule has 0 saturated carbocycles. The van der Waals surface area contributed by atoms with Crippen molar-refractivity contribution in [1.29, 1.82) is 0 Å². The third-order valence-corrected chi connectivity index (χ3v) is 4.42.